The summed E-state index contributed by atoms with van der Waals surface area (Å²) in [5.74, 6) is 0.549. The van der Waals surface area contributed by atoms with Crippen molar-refractivity contribution in [3.05, 3.63) is 52.3 Å². The number of ether oxygens (including phenoxy) is 1. The van der Waals surface area contributed by atoms with Gasteiger partial charge < -0.3 is 9.30 Å². The van der Waals surface area contributed by atoms with Gasteiger partial charge in [-0.05, 0) is 52.0 Å². The Bertz CT molecular complexity index is 744. The molecule has 22 heavy (non-hydrogen) atoms. The van der Waals surface area contributed by atoms with Crippen LogP contribution in [0, 0.1) is 0 Å². The number of rotatable bonds is 5. The first-order valence-corrected chi connectivity index (χ1v) is 7.45. The maximum Gasteiger partial charge on any atom is 0.262 e. The Kier molecular flexibility index (Phi) is 4.81. The summed E-state index contributed by atoms with van der Waals surface area (Å²) >= 11 is 0. The molecule has 1 aromatic heterocycles. The van der Waals surface area contributed by atoms with Crippen LogP contribution in [0.5, 0.6) is 5.75 Å². The second-order valence-corrected chi connectivity index (χ2v) is 5.42. The molecule has 4 nitrogen and oxygen atoms in total. The molecule has 1 aromatic carbocycles. The summed E-state index contributed by atoms with van der Waals surface area (Å²) in [6.45, 7) is 7.79. The van der Waals surface area contributed by atoms with Crippen molar-refractivity contribution in [2.24, 2.45) is 0 Å². The summed E-state index contributed by atoms with van der Waals surface area (Å²) in [6.07, 6.45) is 0. The van der Waals surface area contributed by atoms with Crippen molar-refractivity contribution in [3.63, 3.8) is 0 Å². The summed E-state index contributed by atoms with van der Waals surface area (Å²) in [7, 11) is 0. The molecule has 0 saturated carbocycles. The molecule has 0 spiro atoms. The second-order valence-electron chi connectivity index (χ2n) is 5.42. The smallest absolute Gasteiger partial charge is 0.262 e. The van der Waals surface area contributed by atoms with E-state index in [-0.39, 0.29) is 22.9 Å². The van der Waals surface area contributed by atoms with Crippen LogP contribution >= 0.6 is 0 Å². The van der Waals surface area contributed by atoms with E-state index in [1.807, 2.05) is 51.1 Å². The largest absolute Gasteiger partial charge is 0.494 e. The van der Waals surface area contributed by atoms with Crippen LogP contribution in [-0.4, -0.2) is 17.0 Å². The maximum absolute atomic E-state index is 12.6. The number of carbonyl (C=O) groups is 1. The van der Waals surface area contributed by atoms with E-state index in [1.54, 1.807) is 10.6 Å². The lowest BCUT2D eigenvalue weighted by Crippen LogP contribution is -2.28. The van der Waals surface area contributed by atoms with Gasteiger partial charge in [0.05, 0.1) is 17.9 Å². The minimum atomic E-state index is -0.248. The Hall–Kier alpha value is -2.36. The highest BCUT2D eigenvalue weighted by molar-refractivity contribution is 5.94. The third-order valence-electron chi connectivity index (χ3n) is 3.45. The molecule has 0 aliphatic carbocycles. The maximum atomic E-state index is 12.6. The summed E-state index contributed by atoms with van der Waals surface area (Å²) < 4.78 is 7.17. The molecule has 116 valence electrons. The number of aromatic nitrogens is 1. The van der Waals surface area contributed by atoms with Crippen LogP contribution in [0.25, 0.3) is 11.3 Å². The Labute approximate surface area is 130 Å². The first-order chi connectivity index (χ1) is 10.5. The van der Waals surface area contributed by atoms with Crippen LogP contribution in [0.2, 0.25) is 0 Å². The first-order valence-electron chi connectivity index (χ1n) is 7.45. The number of hydrogen-bond acceptors (Lipinski definition) is 3. The first kappa shape index (κ1) is 16.0. The van der Waals surface area contributed by atoms with Crippen LogP contribution in [-0.2, 0) is 0 Å². The average Bonchev–Trinajstić information content (AvgIpc) is 2.46. The third-order valence-corrected chi connectivity index (χ3v) is 3.45. The van der Waals surface area contributed by atoms with Crippen molar-refractivity contribution in [1.82, 2.24) is 4.57 Å². The normalized spacial score (nSPS) is 10.8. The Morgan fingerprint density at radius 2 is 1.95 bits per heavy atom. The predicted octanol–water partition coefficient (Wildman–Crippen LogP) is 3.70. The standard InChI is InChI=1S/C18H21NO3/c1-5-22-15-8-6-7-14(11-15)17-10-9-16(13(4)20)18(21)19(17)12(2)3/h6-12H,5H2,1-4H3. The van der Waals surface area contributed by atoms with E-state index < -0.39 is 0 Å². The molecule has 1 heterocycles. The fourth-order valence-corrected chi connectivity index (χ4v) is 2.48. The molecule has 0 unspecified atom stereocenters. The van der Waals surface area contributed by atoms with Crippen molar-refractivity contribution >= 4 is 5.78 Å². The van der Waals surface area contributed by atoms with Crippen molar-refractivity contribution in [1.29, 1.82) is 0 Å². The zero-order valence-corrected chi connectivity index (χ0v) is 13.4. The molecular weight excluding hydrogens is 278 g/mol. The van der Waals surface area contributed by atoms with Crippen molar-refractivity contribution in [2.75, 3.05) is 6.61 Å². The van der Waals surface area contributed by atoms with Crippen molar-refractivity contribution in [3.8, 4) is 17.0 Å². The lowest BCUT2D eigenvalue weighted by Gasteiger charge is -2.18. The summed E-state index contributed by atoms with van der Waals surface area (Å²) in [5.41, 5.74) is 1.65. The molecule has 0 amide bonds. The van der Waals surface area contributed by atoms with Gasteiger partial charge in [0.2, 0.25) is 0 Å². The lowest BCUT2D eigenvalue weighted by molar-refractivity contribution is 0.101. The van der Waals surface area contributed by atoms with Crippen LogP contribution in [0.1, 0.15) is 44.1 Å². The Balaban J connectivity index is 2.65. The van der Waals surface area contributed by atoms with Gasteiger partial charge in [0.1, 0.15) is 5.75 Å². The molecule has 2 aromatic rings. The minimum absolute atomic E-state index is 0.0439. The Morgan fingerprint density at radius 3 is 2.55 bits per heavy atom. The molecule has 4 heteroatoms. The van der Waals surface area contributed by atoms with Gasteiger partial charge in [0.25, 0.3) is 5.56 Å². The number of hydrogen-bond donors (Lipinski definition) is 0. The molecule has 0 aliphatic rings. The molecule has 0 saturated heterocycles. The molecule has 0 fully saturated rings. The van der Waals surface area contributed by atoms with Crippen LogP contribution in [0.4, 0.5) is 0 Å². The van der Waals surface area contributed by atoms with Crippen LogP contribution < -0.4 is 10.3 Å². The fraction of sp³-hybridized carbons (Fsp3) is 0.333. The van der Waals surface area contributed by atoms with Gasteiger partial charge in [-0.25, -0.2) is 0 Å². The summed E-state index contributed by atoms with van der Waals surface area (Å²) in [5, 5.41) is 0. The number of pyridine rings is 1. The minimum Gasteiger partial charge on any atom is -0.494 e. The zero-order valence-electron chi connectivity index (χ0n) is 13.4. The van der Waals surface area contributed by atoms with E-state index in [1.165, 1.54) is 6.92 Å². The molecule has 0 N–H and O–H groups in total. The number of Topliss-reactive ketones (excluding diaryl/α,β-unsaturated/α-hetero) is 1. The van der Waals surface area contributed by atoms with Gasteiger partial charge in [-0.15, -0.1) is 0 Å². The second kappa shape index (κ2) is 6.60. The van der Waals surface area contributed by atoms with Gasteiger partial charge in [0, 0.05) is 11.6 Å². The molecule has 0 atom stereocenters. The molecule has 0 radical (unpaired) electrons. The third kappa shape index (κ3) is 3.11. The van der Waals surface area contributed by atoms with E-state index in [9.17, 15) is 9.59 Å². The quantitative estimate of drug-likeness (QED) is 0.791. The van der Waals surface area contributed by atoms with E-state index in [4.69, 9.17) is 4.74 Å². The van der Waals surface area contributed by atoms with E-state index in [0.717, 1.165) is 17.0 Å². The van der Waals surface area contributed by atoms with Gasteiger partial charge >= 0.3 is 0 Å². The van der Waals surface area contributed by atoms with E-state index in [0.29, 0.717) is 6.61 Å². The molecule has 0 aliphatic heterocycles. The fourth-order valence-electron chi connectivity index (χ4n) is 2.48. The number of carbonyl (C=O) groups excluding carboxylic acids is 1. The Morgan fingerprint density at radius 1 is 1.23 bits per heavy atom. The van der Waals surface area contributed by atoms with Gasteiger partial charge in [-0.2, -0.15) is 0 Å². The van der Waals surface area contributed by atoms with Gasteiger partial charge in [0.15, 0.2) is 5.78 Å². The number of benzene rings is 1. The highest BCUT2D eigenvalue weighted by atomic mass is 16.5. The number of nitrogens with zero attached hydrogens (tertiary/aromatic N) is 1. The van der Waals surface area contributed by atoms with E-state index in [2.05, 4.69) is 0 Å². The zero-order chi connectivity index (χ0) is 16.3. The van der Waals surface area contributed by atoms with Gasteiger partial charge in [-0.3, -0.25) is 9.59 Å². The highest BCUT2D eigenvalue weighted by Crippen LogP contribution is 2.25. The topological polar surface area (TPSA) is 48.3 Å². The predicted molar refractivity (Wildman–Crippen MR) is 87.7 cm³/mol. The SMILES string of the molecule is CCOc1cccc(-c2ccc(C(C)=O)c(=O)n2C(C)C)c1. The molecule has 0 bridgehead atoms. The van der Waals surface area contributed by atoms with Crippen molar-refractivity contribution in [2.45, 2.75) is 33.7 Å². The number of ketones is 1. The van der Waals surface area contributed by atoms with Crippen LogP contribution in [0.3, 0.4) is 0 Å². The molecule has 2 rings (SSSR count). The monoisotopic (exact) mass is 299 g/mol. The summed E-state index contributed by atoms with van der Waals surface area (Å²) in [4.78, 5) is 24.2. The van der Waals surface area contributed by atoms with Crippen molar-refractivity contribution < 1.29 is 9.53 Å². The molecular formula is C18H21NO3. The lowest BCUT2D eigenvalue weighted by atomic mass is 10.1. The van der Waals surface area contributed by atoms with Gasteiger partial charge in [-0.1, -0.05) is 12.1 Å². The highest BCUT2D eigenvalue weighted by Gasteiger charge is 2.15. The van der Waals surface area contributed by atoms with Crippen LogP contribution in [0.15, 0.2) is 41.2 Å². The average molecular weight is 299 g/mol. The summed E-state index contributed by atoms with van der Waals surface area (Å²) in [6, 6.07) is 11.0. The van der Waals surface area contributed by atoms with E-state index >= 15 is 0 Å².